The van der Waals surface area contributed by atoms with Crippen LogP contribution in [0.3, 0.4) is 0 Å². The Morgan fingerprint density at radius 2 is 2.20 bits per heavy atom. The zero-order chi connectivity index (χ0) is 18.0. The molecule has 3 rings (SSSR count). The number of benzene rings is 1. The van der Waals surface area contributed by atoms with E-state index in [1.807, 2.05) is 17.9 Å². The molecule has 0 aromatic heterocycles. The zero-order valence-electron chi connectivity index (χ0n) is 15.0. The van der Waals surface area contributed by atoms with Gasteiger partial charge in [-0.05, 0) is 56.2 Å². The van der Waals surface area contributed by atoms with Crippen molar-refractivity contribution in [1.29, 1.82) is 0 Å². The van der Waals surface area contributed by atoms with Gasteiger partial charge in [-0.1, -0.05) is 6.07 Å². The first-order valence-corrected chi connectivity index (χ1v) is 9.15. The van der Waals surface area contributed by atoms with Crippen LogP contribution in [0.5, 0.6) is 0 Å². The van der Waals surface area contributed by atoms with Gasteiger partial charge in [0, 0.05) is 32.7 Å². The van der Waals surface area contributed by atoms with Crippen LogP contribution >= 0.6 is 0 Å². The van der Waals surface area contributed by atoms with Crippen molar-refractivity contribution >= 4 is 11.7 Å². The first-order valence-electron chi connectivity index (χ1n) is 9.15. The number of nitrogens with one attached hydrogen (secondary N) is 1. The quantitative estimate of drug-likeness (QED) is 0.859. The average molecular weight is 349 g/mol. The molecule has 1 aromatic rings. The first kappa shape index (κ1) is 18.0. The summed E-state index contributed by atoms with van der Waals surface area (Å²) in [6.07, 6.45) is 3.47. The van der Waals surface area contributed by atoms with E-state index in [1.165, 1.54) is 6.07 Å². The predicted octanol–water partition coefficient (Wildman–Crippen LogP) is 2.52. The summed E-state index contributed by atoms with van der Waals surface area (Å²) < 4.78 is 14.1. The zero-order valence-corrected chi connectivity index (χ0v) is 15.0. The van der Waals surface area contributed by atoms with Gasteiger partial charge < -0.3 is 20.2 Å². The number of anilines is 1. The van der Waals surface area contributed by atoms with Gasteiger partial charge in [0.2, 0.25) is 0 Å². The smallest absolute Gasteiger partial charge is 0.317 e. The summed E-state index contributed by atoms with van der Waals surface area (Å²) in [5.74, 6) is 0.131. The third kappa shape index (κ3) is 4.63. The number of aliphatic hydroxyl groups excluding tert-OH is 1. The maximum atomic E-state index is 14.1. The van der Waals surface area contributed by atoms with Crippen LogP contribution in [0.15, 0.2) is 18.2 Å². The molecule has 2 fully saturated rings. The van der Waals surface area contributed by atoms with Gasteiger partial charge in [-0.15, -0.1) is 0 Å². The molecule has 2 aliphatic rings. The third-order valence-corrected chi connectivity index (χ3v) is 5.17. The number of rotatable bonds is 5. The monoisotopic (exact) mass is 349 g/mol. The molecule has 138 valence electrons. The van der Waals surface area contributed by atoms with Crippen LogP contribution in [0, 0.1) is 18.7 Å². The van der Waals surface area contributed by atoms with Crippen LogP contribution in [-0.2, 0) is 0 Å². The topological polar surface area (TPSA) is 55.8 Å². The number of carbonyl (C=O) groups excluding carboxylic acids is 1. The maximum Gasteiger partial charge on any atom is 0.317 e. The molecule has 2 unspecified atom stereocenters. The van der Waals surface area contributed by atoms with Gasteiger partial charge in [-0.3, -0.25) is 0 Å². The van der Waals surface area contributed by atoms with Crippen molar-refractivity contribution in [3.05, 3.63) is 29.6 Å². The number of carbonyl (C=O) groups is 1. The van der Waals surface area contributed by atoms with Crippen molar-refractivity contribution in [2.45, 2.75) is 44.8 Å². The Kier molecular flexibility index (Phi) is 5.47. The van der Waals surface area contributed by atoms with Crippen molar-refractivity contribution in [1.82, 2.24) is 10.2 Å². The number of amides is 2. The molecule has 6 heteroatoms. The second kappa shape index (κ2) is 7.60. The fourth-order valence-electron chi connectivity index (χ4n) is 3.46. The SMILES string of the molecule is Cc1ccc(F)c(N2CCCC(NC(=O)N(C)CC(O)C3CC3)C2)c1. The highest BCUT2D eigenvalue weighted by Crippen LogP contribution is 2.32. The molecule has 1 aromatic carbocycles. The predicted molar refractivity (Wildman–Crippen MR) is 96.3 cm³/mol. The molecule has 1 aliphatic heterocycles. The van der Waals surface area contributed by atoms with Gasteiger partial charge in [0.25, 0.3) is 0 Å². The van der Waals surface area contributed by atoms with Crippen molar-refractivity contribution in [3.8, 4) is 0 Å². The van der Waals surface area contributed by atoms with Gasteiger partial charge in [0.1, 0.15) is 5.82 Å². The summed E-state index contributed by atoms with van der Waals surface area (Å²) in [5.41, 5.74) is 1.63. The molecule has 1 saturated carbocycles. The molecule has 0 spiro atoms. The molecule has 25 heavy (non-hydrogen) atoms. The second-order valence-electron chi connectivity index (χ2n) is 7.47. The van der Waals surface area contributed by atoms with Crippen LogP contribution in [0.2, 0.25) is 0 Å². The number of hydrogen-bond acceptors (Lipinski definition) is 3. The van der Waals surface area contributed by atoms with Gasteiger partial charge >= 0.3 is 6.03 Å². The summed E-state index contributed by atoms with van der Waals surface area (Å²) in [6.45, 7) is 3.71. The molecule has 1 aliphatic carbocycles. The fraction of sp³-hybridized carbons (Fsp3) is 0.632. The number of hydrogen-bond donors (Lipinski definition) is 2. The largest absolute Gasteiger partial charge is 0.391 e. The highest BCUT2D eigenvalue weighted by atomic mass is 19.1. The summed E-state index contributed by atoms with van der Waals surface area (Å²) in [4.78, 5) is 15.9. The molecule has 1 heterocycles. The van der Waals surface area contributed by atoms with E-state index >= 15 is 0 Å². The maximum absolute atomic E-state index is 14.1. The summed E-state index contributed by atoms with van der Waals surface area (Å²) in [5, 5.41) is 13.0. The Bertz CT molecular complexity index is 621. The molecular formula is C19H28FN3O2. The lowest BCUT2D eigenvalue weighted by atomic mass is 10.0. The summed E-state index contributed by atoms with van der Waals surface area (Å²) in [6, 6.07) is 4.94. The lowest BCUT2D eigenvalue weighted by Gasteiger charge is -2.36. The Morgan fingerprint density at radius 1 is 1.44 bits per heavy atom. The molecule has 0 bridgehead atoms. The van der Waals surface area contributed by atoms with Crippen LogP contribution in [-0.4, -0.2) is 54.9 Å². The number of piperidine rings is 1. The fourth-order valence-corrected chi connectivity index (χ4v) is 3.46. The van der Waals surface area contributed by atoms with Gasteiger partial charge in [-0.25, -0.2) is 9.18 Å². The molecule has 2 amide bonds. The van der Waals surface area contributed by atoms with E-state index in [2.05, 4.69) is 5.32 Å². The molecule has 2 atom stereocenters. The molecule has 2 N–H and O–H groups in total. The van der Waals surface area contributed by atoms with Crippen molar-refractivity contribution in [2.75, 3.05) is 31.6 Å². The van der Waals surface area contributed by atoms with E-state index in [1.54, 1.807) is 18.0 Å². The number of aliphatic hydroxyl groups is 1. The molecule has 0 radical (unpaired) electrons. The van der Waals surface area contributed by atoms with Crippen LogP contribution < -0.4 is 10.2 Å². The average Bonchev–Trinajstić information content (AvgIpc) is 3.42. The Labute approximate surface area is 148 Å². The minimum Gasteiger partial charge on any atom is -0.391 e. The number of nitrogens with zero attached hydrogens (tertiary/aromatic N) is 2. The highest BCUT2D eigenvalue weighted by molar-refractivity contribution is 5.74. The van der Waals surface area contributed by atoms with Crippen molar-refractivity contribution in [3.63, 3.8) is 0 Å². The van der Waals surface area contributed by atoms with Crippen LogP contribution in [0.25, 0.3) is 0 Å². The Hall–Kier alpha value is -1.82. The van der Waals surface area contributed by atoms with E-state index < -0.39 is 6.10 Å². The van der Waals surface area contributed by atoms with Gasteiger partial charge in [0.05, 0.1) is 11.8 Å². The van der Waals surface area contributed by atoms with E-state index in [0.29, 0.717) is 24.7 Å². The standard InChI is InChI=1S/C19H28FN3O2/c1-13-5-8-16(20)17(10-13)23-9-3-4-15(11-23)21-19(25)22(2)12-18(24)14-6-7-14/h5,8,10,14-15,18,24H,3-4,6-7,9,11-12H2,1-2H3,(H,21,25). The number of aryl methyl sites for hydroxylation is 1. The van der Waals surface area contributed by atoms with Crippen LogP contribution in [0.1, 0.15) is 31.2 Å². The number of halogens is 1. The van der Waals surface area contributed by atoms with Gasteiger partial charge in [-0.2, -0.15) is 0 Å². The number of likely N-dealkylation sites (N-methyl/N-ethyl adjacent to an activating group) is 1. The third-order valence-electron chi connectivity index (χ3n) is 5.17. The van der Waals surface area contributed by atoms with E-state index in [0.717, 1.165) is 37.8 Å². The Morgan fingerprint density at radius 3 is 2.92 bits per heavy atom. The molecule has 5 nitrogen and oxygen atoms in total. The van der Waals surface area contributed by atoms with Crippen LogP contribution in [0.4, 0.5) is 14.9 Å². The summed E-state index contributed by atoms with van der Waals surface area (Å²) >= 11 is 0. The second-order valence-corrected chi connectivity index (χ2v) is 7.47. The molecular weight excluding hydrogens is 321 g/mol. The van der Waals surface area contributed by atoms with E-state index in [9.17, 15) is 14.3 Å². The Balaban J connectivity index is 1.55. The van der Waals surface area contributed by atoms with E-state index in [4.69, 9.17) is 0 Å². The summed E-state index contributed by atoms with van der Waals surface area (Å²) in [7, 11) is 1.71. The lowest BCUT2D eigenvalue weighted by Crippen LogP contribution is -2.52. The molecule has 1 saturated heterocycles. The number of urea groups is 1. The highest BCUT2D eigenvalue weighted by Gasteiger charge is 2.31. The van der Waals surface area contributed by atoms with E-state index in [-0.39, 0.29) is 17.9 Å². The minimum atomic E-state index is -0.431. The lowest BCUT2D eigenvalue weighted by molar-refractivity contribution is 0.112. The van der Waals surface area contributed by atoms with Crippen molar-refractivity contribution in [2.24, 2.45) is 5.92 Å². The first-order chi connectivity index (χ1) is 11.9. The minimum absolute atomic E-state index is 0.0123. The van der Waals surface area contributed by atoms with Gasteiger partial charge in [0.15, 0.2) is 0 Å². The normalized spacial score (nSPS) is 21.8. The van der Waals surface area contributed by atoms with Crippen molar-refractivity contribution < 1.29 is 14.3 Å².